The van der Waals surface area contributed by atoms with Gasteiger partial charge in [-0.2, -0.15) is 5.26 Å². The van der Waals surface area contributed by atoms with E-state index >= 15 is 0 Å². The maximum absolute atomic E-state index is 12.6. The number of benzene rings is 2. The number of hydrogen-bond acceptors (Lipinski definition) is 6. The lowest BCUT2D eigenvalue weighted by atomic mass is 10.2. The molecule has 0 aliphatic carbocycles. The molecule has 0 saturated carbocycles. The van der Waals surface area contributed by atoms with Crippen molar-refractivity contribution >= 4 is 40.6 Å². The van der Waals surface area contributed by atoms with Gasteiger partial charge >= 0.3 is 0 Å². The summed E-state index contributed by atoms with van der Waals surface area (Å²) < 4.78 is 10.9. The Bertz CT molecular complexity index is 953. The predicted octanol–water partition coefficient (Wildman–Crippen LogP) is 4.36. The van der Waals surface area contributed by atoms with Gasteiger partial charge in [-0.25, -0.2) is 0 Å². The molecule has 3 rings (SSSR count). The summed E-state index contributed by atoms with van der Waals surface area (Å²) in [5.74, 6) is 0.696. The maximum Gasteiger partial charge on any atom is 0.293 e. The van der Waals surface area contributed by atoms with Gasteiger partial charge in [-0.3, -0.25) is 14.5 Å². The van der Waals surface area contributed by atoms with Gasteiger partial charge in [0.25, 0.3) is 11.1 Å². The van der Waals surface area contributed by atoms with E-state index in [0.29, 0.717) is 27.0 Å². The molecule has 28 heavy (non-hydrogen) atoms. The Morgan fingerprint density at radius 3 is 2.61 bits per heavy atom. The minimum absolute atomic E-state index is 0.103. The van der Waals surface area contributed by atoms with Crippen molar-refractivity contribution in [2.45, 2.75) is 0 Å². The molecule has 0 aromatic heterocycles. The molecule has 6 nitrogen and oxygen atoms in total. The van der Waals surface area contributed by atoms with Crippen LogP contribution in [0.1, 0.15) is 5.56 Å². The van der Waals surface area contributed by atoms with E-state index in [1.54, 1.807) is 54.6 Å². The average Bonchev–Trinajstić information content (AvgIpc) is 2.96. The lowest BCUT2D eigenvalue weighted by molar-refractivity contribution is -0.123. The SMILES string of the molecule is N#CCOc1ccccc1/C=C1\SC(=O)N(CCOc2ccc(Cl)cc2)C1=O. The first kappa shape index (κ1) is 19.8. The normalized spacial score (nSPS) is 15.0. The number of nitriles is 1. The van der Waals surface area contributed by atoms with Gasteiger partial charge in [0, 0.05) is 10.6 Å². The van der Waals surface area contributed by atoms with Crippen LogP contribution in [-0.2, 0) is 4.79 Å². The molecule has 1 aliphatic heterocycles. The number of imide groups is 1. The van der Waals surface area contributed by atoms with E-state index in [2.05, 4.69) is 0 Å². The third kappa shape index (κ3) is 4.85. The molecule has 1 saturated heterocycles. The molecule has 0 unspecified atom stereocenters. The first-order valence-corrected chi connectivity index (χ1v) is 9.50. The summed E-state index contributed by atoms with van der Waals surface area (Å²) >= 11 is 6.68. The zero-order valence-electron chi connectivity index (χ0n) is 14.6. The highest BCUT2D eigenvalue weighted by atomic mass is 35.5. The number of nitrogens with zero attached hydrogens (tertiary/aromatic N) is 2. The average molecular weight is 415 g/mol. The smallest absolute Gasteiger partial charge is 0.293 e. The van der Waals surface area contributed by atoms with Crippen LogP contribution in [0.4, 0.5) is 4.79 Å². The summed E-state index contributed by atoms with van der Waals surface area (Å²) in [5, 5.41) is 8.92. The third-order valence-electron chi connectivity index (χ3n) is 3.77. The fraction of sp³-hybridized carbons (Fsp3) is 0.150. The standard InChI is InChI=1S/C20H15ClN2O4S/c21-15-5-7-16(8-6-15)26-12-10-23-19(24)18(28-20(23)25)13-14-3-1-2-4-17(14)27-11-9-22/h1-8,13H,10-12H2/b18-13-. The molecule has 2 aromatic rings. The largest absolute Gasteiger partial charge is 0.492 e. The molecule has 1 heterocycles. The van der Waals surface area contributed by atoms with Crippen LogP contribution in [0, 0.1) is 11.3 Å². The summed E-state index contributed by atoms with van der Waals surface area (Å²) in [6, 6.07) is 15.7. The molecule has 1 aliphatic rings. The number of para-hydroxylation sites is 1. The summed E-state index contributed by atoms with van der Waals surface area (Å²) in [5.41, 5.74) is 0.626. The maximum atomic E-state index is 12.6. The number of thioether (sulfide) groups is 1. The lowest BCUT2D eigenvalue weighted by Crippen LogP contribution is -2.32. The van der Waals surface area contributed by atoms with Crippen molar-refractivity contribution in [3.05, 3.63) is 64.0 Å². The van der Waals surface area contributed by atoms with E-state index in [1.807, 2.05) is 6.07 Å². The predicted molar refractivity (Wildman–Crippen MR) is 107 cm³/mol. The first-order chi connectivity index (χ1) is 13.6. The van der Waals surface area contributed by atoms with Crippen molar-refractivity contribution in [2.75, 3.05) is 19.8 Å². The van der Waals surface area contributed by atoms with Gasteiger partial charge in [-0.05, 0) is 48.2 Å². The van der Waals surface area contributed by atoms with Crippen molar-refractivity contribution in [1.82, 2.24) is 4.90 Å². The van der Waals surface area contributed by atoms with E-state index in [9.17, 15) is 9.59 Å². The monoisotopic (exact) mass is 414 g/mol. The van der Waals surface area contributed by atoms with E-state index in [1.165, 1.54) is 0 Å². The fourth-order valence-corrected chi connectivity index (χ4v) is 3.44. The Kier molecular flexibility index (Phi) is 6.58. The fourth-order valence-electron chi connectivity index (χ4n) is 2.46. The number of ether oxygens (including phenoxy) is 2. The molecule has 2 amide bonds. The second-order valence-corrected chi connectivity index (χ2v) is 7.05. The van der Waals surface area contributed by atoms with Crippen LogP contribution in [0.25, 0.3) is 6.08 Å². The molecule has 0 N–H and O–H groups in total. The number of rotatable bonds is 7. The van der Waals surface area contributed by atoms with Crippen LogP contribution in [0.2, 0.25) is 5.02 Å². The molecule has 0 bridgehead atoms. The highest BCUT2D eigenvalue weighted by Crippen LogP contribution is 2.33. The molecular formula is C20H15ClN2O4S. The number of halogens is 1. The second kappa shape index (κ2) is 9.31. The molecule has 1 fully saturated rings. The highest BCUT2D eigenvalue weighted by molar-refractivity contribution is 8.18. The third-order valence-corrected chi connectivity index (χ3v) is 4.93. The van der Waals surface area contributed by atoms with Gasteiger partial charge < -0.3 is 9.47 Å². The minimum atomic E-state index is -0.384. The molecule has 0 atom stereocenters. The van der Waals surface area contributed by atoms with E-state index in [4.69, 9.17) is 26.3 Å². The zero-order valence-corrected chi connectivity index (χ0v) is 16.2. The van der Waals surface area contributed by atoms with Crippen molar-refractivity contribution in [1.29, 1.82) is 5.26 Å². The highest BCUT2D eigenvalue weighted by Gasteiger charge is 2.35. The van der Waals surface area contributed by atoms with Crippen molar-refractivity contribution < 1.29 is 19.1 Å². The van der Waals surface area contributed by atoms with Gasteiger partial charge in [-0.15, -0.1) is 0 Å². The van der Waals surface area contributed by atoms with Gasteiger partial charge in [0.2, 0.25) is 0 Å². The van der Waals surface area contributed by atoms with E-state index < -0.39 is 0 Å². The summed E-state index contributed by atoms with van der Waals surface area (Å²) in [7, 11) is 0. The van der Waals surface area contributed by atoms with Gasteiger partial charge in [0.15, 0.2) is 6.61 Å². The first-order valence-electron chi connectivity index (χ1n) is 8.31. The van der Waals surface area contributed by atoms with Crippen LogP contribution in [0.3, 0.4) is 0 Å². The summed E-state index contributed by atoms with van der Waals surface area (Å²) in [6.45, 7) is 0.209. The molecular weight excluding hydrogens is 400 g/mol. The van der Waals surface area contributed by atoms with Gasteiger partial charge in [-0.1, -0.05) is 29.8 Å². The topological polar surface area (TPSA) is 79.6 Å². The van der Waals surface area contributed by atoms with Crippen molar-refractivity contribution in [2.24, 2.45) is 0 Å². The Balaban J connectivity index is 1.65. The number of amides is 2. The lowest BCUT2D eigenvalue weighted by Gasteiger charge is -2.13. The summed E-state index contributed by atoms with van der Waals surface area (Å²) in [6.07, 6.45) is 1.59. The number of carbonyl (C=O) groups excluding carboxylic acids is 2. The molecule has 2 aromatic carbocycles. The van der Waals surface area contributed by atoms with Crippen LogP contribution in [-0.4, -0.2) is 35.8 Å². The molecule has 0 radical (unpaired) electrons. The Hall–Kier alpha value is -2.95. The van der Waals surface area contributed by atoms with E-state index in [-0.39, 0.29) is 30.9 Å². The number of hydrogen-bond donors (Lipinski definition) is 0. The summed E-state index contributed by atoms with van der Waals surface area (Å²) in [4.78, 5) is 26.2. The van der Waals surface area contributed by atoms with Crippen LogP contribution >= 0.6 is 23.4 Å². The second-order valence-electron chi connectivity index (χ2n) is 5.62. The Morgan fingerprint density at radius 2 is 1.86 bits per heavy atom. The van der Waals surface area contributed by atoms with Crippen molar-refractivity contribution in [3.8, 4) is 17.6 Å². The Morgan fingerprint density at radius 1 is 1.11 bits per heavy atom. The van der Waals surface area contributed by atoms with Crippen LogP contribution in [0.5, 0.6) is 11.5 Å². The molecule has 0 spiro atoms. The quantitative estimate of drug-likeness (QED) is 0.626. The van der Waals surface area contributed by atoms with Crippen molar-refractivity contribution in [3.63, 3.8) is 0 Å². The Labute approximate surface area is 171 Å². The number of carbonyl (C=O) groups is 2. The zero-order chi connectivity index (χ0) is 19.9. The van der Waals surface area contributed by atoms with E-state index in [0.717, 1.165) is 16.7 Å². The van der Waals surface area contributed by atoms with Gasteiger partial charge in [0.1, 0.15) is 24.2 Å². The minimum Gasteiger partial charge on any atom is -0.492 e. The molecule has 142 valence electrons. The molecule has 8 heteroatoms. The van der Waals surface area contributed by atoms with Gasteiger partial charge in [0.05, 0.1) is 11.4 Å². The van der Waals surface area contributed by atoms with Crippen LogP contribution in [0.15, 0.2) is 53.4 Å². The van der Waals surface area contributed by atoms with Crippen LogP contribution < -0.4 is 9.47 Å².